The van der Waals surface area contributed by atoms with Crippen LogP contribution >= 0.6 is 0 Å². The lowest BCUT2D eigenvalue weighted by atomic mass is 10.1. The molecule has 0 spiro atoms. The van der Waals surface area contributed by atoms with E-state index >= 15 is 0 Å². The SMILES string of the molecule is CC\C=C/C=C\C=C/C=C\C=C/CCCC(=O)OCC(COC(=O)CCCCCCC\C=C/C=C\C=C/C=C\CC)OC(=O)CCCCCCCC/C=C\C=C/CCCCC. The fourth-order valence-corrected chi connectivity index (χ4v) is 5.82. The molecule has 340 valence electrons. The molecule has 0 aliphatic rings. The highest BCUT2D eigenvalue weighted by Gasteiger charge is 2.19. The van der Waals surface area contributed by atoms with Crippen molar-refractivity contribution in [1.29, 1.82) is 0 Å². The molecular weight excluding hydrogens is 757 g/mol. The van der Waals surface area contributed by atoms with E-state index in [0.717, 1.165) is 96.3 Å². The van der Waals surface area contributed by atoms with E-state index < -0.39 is 6.10 Å². The summed E-state index contributed by atoms with van der Waals surface area (Å²) < 4.78 is 16.7. The molecule has 0 N–H and O–H groups in total. The first kappa shape index (κ1) is 56.5. The summed E-state index contributed by atoms with van der Waals surface area (Å²) in [6.45, 7) is 6.20. The van der Waals surface area contributed by atoms with Crippen LogP contribution in [0, 0.1) is 0 Å². The zero-order chi connectivity index (χ0) is 44.4. The van der Waals surface area contributed by atoms with Crippen molar-refractivity contribution < 1.29 is 28.6 Å². The van der Waals surface area contributed by atoms with Gasteiger partial charge in [-0.1, -0.05) is 212 Å². The third-order valence-corrected chi connectivity index (χ3v) is 9.37. The van der Waals surface area contributed by atoms with Crippen LogP contribution in [0.15, 0.2) is 134 Å². The van der Waals surface area contributed by atoms with Gasteiger partial charge in [0.2, 0.25) is 0 Å². The van der Waals surface area contributed by atoms with Gasteiger partial charge in [0, 0.05) is 19.3 Å². The van der Waals surface area contributed by atoms with Gasteiger partial charge in [-0.2, -0.15) is 0 Å². The maximum absolute atomic E-state index is 12.8. The van der Waals surface area contributed by atoms with Gasteiger partial charge >= 0.3 is 17.9 Å². The molecule has 61 heavy (non-hydrogen) atoms. The van der Waals surface area contributed by atoms with Gasteiger partial charge in [-0.15, -0.1) is 0 Å². The van der Waals surface area contributed by atoms with Gasteiger partial charge in [-0.05, 0) is 77.0 Å². The lowest BCUT2D eigenvalue weighted by Crippen LogP contribution is -2.30. The lowest BCUT2D eigenvalue weighted by molar-refractivity contribution is -0.167. The highest BCUT2D eigenvalue weighted by atomic mass is 16.6. The molecule has 1 unspecified atom stereocenters. The second kappa shape index (κ2) is 48.2. The molecule has 0 aromatic carbocycles. The molecule has 0 heterocycles. The second-order valence-electron chi connectivity index (χ2n) is 15.1. The number of carbonyl (C=O) groups excluding carboxylic acids is 3. The summed E-state index contributed by atoms with van der Waals surface area (Å²) in [5.74, 6) is -1.05. The minimum absolute atomic E-state index is 0.123. The number of unbranched alkanes of at least 4 members (excludes halogenated alkanes) is 15. The second-order valence-corrected chi connectivity index (χ2v) is 15.1. The number of allylic oxidation sites excluding steroid dienone is 22. The molecule has 0 aliphatic carbocycles. The van der Waals surface area contributed by atoms with E-state index in [-0.39, 0.29) is 44.0 Å². The Bertz CT molecular complexity index is 1380. The van der Waals surface area contributed by atoms with Crippen molar-refractivity contribution >= 4 is 17.9 Å². The minimum atomic E-state index is -0.827. The van der Waals surface area contributed by atoms with Crippen molar-refractivity contribution in [1.82, 2.24) is 0 Å². The summed E-state index contributed by atoms with van der Waals surface area (Å²) in [6, 6.07) is 0. The first-order valence-corrected chi connectivity index (χ1v) is 23.8. The Balaban J connectivity index is 4.59. The van der Waals surface area contributed by atoms with Gasteiger partial charge in [0.25, 0.3) is 0 Å². The molecule has 6 nitrogen and oxygen atoms in total. The van der Waals surface area contributed by atoms with Crippen molar-refractivity contribution in [3.05, 3.63) is 134 Å². The van der Waals surface area contributed by atoms with Crippen LogP contribution in [-0.4, -0.2) is 37.2 Å². The zero-order valence-corrected chi connectivity index (χ0v) is 38.6. The zero-order valence-electron chi connectivity index (χ0n) is 38.6. The minimum Gasteiger partial charge on any atom is -0.462 e. The van der Waals surface area contributed by atoms with Crippen molar-refractivity contribution in [2.24, 2.45) is 0 Å². The Morgan fingerprint density at radius 2 is 0.656 bits per heavy atom. The average molecular weight is 841 g/mol. The Morgan fingerprint density at radius 1 is 0.344 bits per heavy atom. The van der Waals surface area contributed by atoms with Crippen molar-refractivity contribution in [2.45, 2.75) is 181 Å². The fourth-order valence-electron chi connectivity index (χ4n) is 5.82. The molecule has 0 bridgehead atoms. The van der Waals surface area contributed by atoms with Crippen LogP contribution in [0.1, 0.15) is 175 Å². The monoisotopic (exact) mass is 841 g/mol. The van der Waals surface area contributed by atoms with Gasteiger partial charge < -0.3 is 14.2 Å². The molecule has 6 heteroatoms. The van der Waals surface area contributed by atoms with Crippen LogP contribution in [0.5, 0.6) is 0 Å². The molecule has 0 saturated heterocycles. The van der Waals surface area contributed by atoms with Crippen LogP contribution < -0.4 is 0 Å². The van der Waals surface area contributed by atoms with E-state index in [1.165, 1.54) is 32.1 Å². The number of esters is 3. The van der Waals surface area contributed by atoms with E-state index in [0.29, 0.717) is 12.8 Å². The molecule has 0 aromatic heterocycles. The number of hydrogen-bond acceptors (Lipinski definition) is 6. The summed E-state index contributed by atoms with van der Waals surface area (Å²) in [5.41, 5.74) is 0. The summed E-state index contributed by atoms with van der Waals surface area (Å²) >= 11 is 0. The van der Waals surface area contributed by atoms with Gasteiger partial charge in [0.15, 0.2) is 6.10 Å². The Morgan fingerprint density at radius 3 is 1.08 bits per heavy atom. The van der Waals surface area contributed by atoms with Crippen molar-refractivity contribution in [2.75, 3.05) is 13.2 Å². The number of ether oxygens (including phenoxy) is 3. The quantitative estimate of drug-likeness (QED) is 0.0265. The van der Waals surface area contributed by atoms with E-state index in [2.05, 4.69) is 75.5 Å². The predicted octanol–water partition coefficient (Wildman–Crippen LogP) is 15.5. The summed E-state index contributed by atoms with van der Waals surface area (Å²) in [6.07, 6.45) is 67.2. The molecule has 0 rings (SSSR count). The molecule has 1 atom stereocenters. The molecule has 0 fully saturated rings. The topological polar surface area (TPSA) is 78.9 Å². The van der Waals surface area contributed by atoms with Gasteiger partial charge in [0.05, 0.1) is 0 Å². The Kier molecular flexibility index (Phi) is 44.7. The number of hydrogen-bond donors (Lipinski definition) is 0. The largest absolute Gasteiger partial charge is 0.462 e. The van der Waals surface area contributed by atoms with E-state index in [4.69, 9.17) is 14.2 Å². The standard InChI is InChI=1S/C55H84O6/c1-4-7-10-13-16-19-22-25-27-30-33-36-39-42-45-48-54(57)60-51-52(50-59-53(56)47-44-41-38-35-32-29-24-21-18-15-12-9-6-3)61-55(58)49-46-43-40-37-34-31-28-26-23-20-17-14-11-8-5-2/h7,9-10,12-13,15-27,29,32,35,38,52H,4-6,8,11,14,28,30-31,33-34,36-37,39-51H2,1-3H3/b10-7-,12-9-,16-13-,18-15-,20-17-,22-19-,24-21-,26-23-,27-25-,32-29-,38-35-. The molecule has 0 aliphatic heterocycles. The molecule has 0 saturated carbocycles. The van der Waals surface area contributed by atoms with Gasteiger partial charge in [0.1, 0.15) is 13.2 Å². The molecule has 0 amide bonds. The number of carbonyl (C=O) groups is 3. The third kappa shape index (κ3) is 46.5. The summed E-state index contributed by atoms with van der Waals surface area (Å²) in [5, 5.41) is 0. The van der Waals surface area contributed by atoms with Crippen LogP contribution in [-0.2, 0) is 28.6 Å². The first-order valence-electron chi connectivity index (χ1n) is 23.8. The van der Waals surface area contributed by atoms with Gasteiger partial charge in [-0.3, -0.25) is 14.4 Å². The van der Waals surface area contributed by atoms with Crippen molar-refractivity contribution in [3.63, 3.8) is 0 Å². The maximum Gasteiger partial charge on any atom is 0.306 e. The summed E-state index contributed by atoms with van der Waals surface area (Å²) in [7, 11) is 0. The first-order chi connectivity index (χ1) is 30.0. The predicted molar refractivity (Wildman–Crippen MR) is 260 cm³/mol. The third-order valence-electron chi connectivity index (χ3n) is 9.37. The van der Waals surface area contributed by atoms with Gasteiger partial charge in [-0.25, -0.2) is 0 Å². The Hall–Kier alpha value is -4.45. The molecule has 0 aromatic rings. The highest BCUT2D eigenvalue weighted by Crippen LogP contribution is 2.12. The maximum atomic E-state index is 12.8. The van der Waals surface area contributed by atoms with Crippen LogP contribution in [0.3, 0.4) is 0 Å². The fraction of sp³-hybridized carbons (Fsp3) is 0.545. The highest BCUT2D eigenvalue weighted by molar-refractivity contribution is 5.71. The van der Waals surface area contributed by atoms with E-state index in [1.807, 2.05) is 79.0 Å². The normalized spacial score (nSPS) is 13.3. The summed E-state index contributed by atoms with van der Waals surface area (Å²) in [4.78, 5) is 37.8. The van der Waals surface area contributed by atoms with Crippen LogP contribution in [0.25, 0.3) is 0 Å². The van der Waals surface area contributed by atoms with E-state index in [1.54, 1.807) is 0 Å². The number of rotatable bonds is 40. The van der Waals surface area contributed by atoms with Crippen LogP contribution in [0.2, 0.25) is 0 Å². The van der Waals surface area contributed by atoms with Crippen molar-refractivity contribution in [3.8, 4) is 0 Å². The van der Waals surface area contributed by atoms with E-state index in [9.17, 15) is 14.4 Å². The lowest BCUT2D eigenvalue weighted by Gasteiger charge is -2.18. The molecular formula is C55H84O6. The molecule has 0 radical (unpaired) electrons. The van der Waals surface area contributed by atoms with Crippen LogP contribution in [0.4, 0.5) is 0 Å². The smallest absolute Gasteiger partial charge is 0.306 e. The Labute approximate surface area is 373 Å². The average Bonchev–Trinajstić information content (AvgIpc) is 3.26.